The van der Waals surface area contributed by atoms with E-state index >= 15 is 0 Å². The van der Waals surface area contributed by atoms with Gasteiger partial charge in [-0.15, -0.1) is 0 Å². The summed E-state index contributed by atoms with van der Waals surface area (Å²) < 4.78 is 5.34. The van der Waals surface area contributed by atoms with Gasteiger partial charge in [0.05, 0.1) is 0 Å². The quantitative estimate of drug-likeness (QED) is 0.247. The lowest BCUT2D eigenvalue weighted by Gasteiger charge is -2.01. The molecule has 0 aliphatic carbocycles. The maximum Gasteiger partial charge on any atom is 0.0465 e. The minimum atomic E-state index is 0.357. The van der Waals surface area contributed by atoms with Crippen LogP contribution in [0.1, 0.15) is 96.8 Å². The van der Waals surface area contributed by atoms with Crippen molar-refractivity contribution in [3.63, 3.8) is 0 Å². The van der Waals surface area contributed by atoms with Crippen LogP contribution in [-0.4, -0.2) is 24.9 Å². The van der Waals surface area contributed by atoms with Crippen LogP contribution in [0.3, 0.4) is 0 Å². The summed E-state index contributed by atoms with van der Waals surface area (Å²) in [4.78, 5) is 0. The molecule has 0 spiro atoms. The fourth-order valence-electron chi connectivity index (χ4n) is 2.63. The van der Waals surface area contributed by atoms with Gasteiger partial charge in [-0.2, -0.15) is 0 Å². The minimum Gasteiger partial charge on any atom is -0.396 e. The van der Waals surface area contributed by atoms with E-state index in [0.717, 1.165) is 19.6 Å². The van der Waals surface area contributed by atoms with Crippen LogP contribution >= 0.6 is 0 Å². The van der Waals surface area contributed by atoms with E-state index in [9.17, 15) is 0 Å². The van der Waals surface area contributed by atoms with Crippen molar-refractivity contribution in [3.05, 3.63) is 12.2 Å². The van der Waals surface area contributed by atoms with E-state index in [0.29, 0.717) is 6.61 Å². The van der Waals surface area contributed by atoms with E-state index in [1.165, 1.54) is 83.5 Å². The monoisotopic (exact) mass is 312 g/mol. The van der Waals surface area contributed by atoms with Crippen molar-refractivity contribution < 1.29 is 9.84 Å². The van der Waals surface area contributed by atoms with Crippen LogP contribution < -0.4 is 0 Å². The van der Waals surface area contributed by atoms with Gasteiger partial charge in [0.1, 0.15) is 0 Å². The molecule has 0 aromatic rings. The van der Waals surface area contributed by atoms with Crippen LogP contribution in [0, 0.1) is 0 Å². The maximum atomic E-state index is 8.69. The van der Waals surface area contributed by atoms with Crippen molar-refractivity contribution in [2.24, 2.45) is 0 Å². The molecule has 0 atom stereocenters. The highest BCUT2D eigenvalue weighted by molar-refractivity contribution is 4.81. The van der Waals surface area contributed by atoms with E-state index in [2.05, 4.69) is 19.1 Å². The van der Waals surface area contributed by atoms with E-state index < -0.39 is 0 Å². The Labute approximate surface area is 139 Å². The summed E-state index contributed by atoms with van der Waals surface area (Å²) in [6.45, 7) is 4.22. The SMILES string of the molecule is CCOCCCCCCCC/C=C\CCCCCCCCO. The number of aliphatic hydroxyl groups excluding tert-OH is 1. The van der Waals surface area contributed by atoms with Crippen LogP contribution in [0.2, 0.25) is 0 Å². The van der Waals surface area contributed by atoms with Gasteiger partial charge in [0, 0.05) is 19.8 Å². The number of ether oxygens (including phenoxy) is 1. The Kier molecular flexibility index (Phi) is 20.3. The highest BCUT2D eigenvalue weighted by atomic mass is 16.5. The topological polar surface area (TPSA) is 29.5 Å². The van der Waals surface area contributed by atoms with Crippen molar-refractivity contribution in [1.82, 2.24) is 0 Å². The Morgan fingerprint density at radius 2 is 1.09 bits per heavy atom. The molecule has 0 rings (SSSR count). The number of rotatable bonds is 18. The molecule has 22 heavy (non-hydrogen) atoms. The second kappa shape index (κ2) is 20.7. The number of allylic oxidation sites excluding steroid dienone is 2. The first-order valence-electron chi connectivity index (χ1n) is 9.75. The van der Waals surface area contributed by atoms with Crippen molar-refractivity contribution >= 4 is 0 Å². The van der Waals surface area contributed by atoms with Crippen LogP contribution in [-0.2, 0) is 4.74 Å². The molecule has 132 valence electrons. The molecule has 2 nitrogen and oxygen atoms in total. The number of hydrogen-bond acceptors (Lipinski definition) is 2. The molecule has 0 aliphatic rings. The van der Waals surface area contributed by atoms with Gasteiger partial charge >= 0.3 is 0 Å². The van der Waals surface area contributed by atoms with Gasteiger partial charge in [0.15, 0.2) is 0 Å². The van der Waals surface area contributed by atoms with Gasteiger partial charge in [0.25, 0.3) is 0 Å². The second-order valence-electron chi connectivity index (χ2n) is 6.21. The predicted molar refractivity (Wildman–Crippen MR) is 97.4 cm³/mol. The molecular weight excluding hydrogens is 272 g/mol. The van der Waals surface area contributed by atoms with Gasteiger partial charge in [0.2, 0.25) is 0 Å². The number of hydrogen-bond donors (Lipinski definition) is 1. The summed E-state index contributed by atoms with van der Waals surface area (Å²) in [7, 11) is 0. The second-order valence-corrected chi connectivity index (χ2v) is 6.21. The van der Waals surface area contributed by atoms with E-state index in [1.807, 2.05) is 0 Å². The zero-order chi connectivity index (χ0) is 16.1. The average molecular weight is 313 g/mol. The van der Waals surface area contributed by atoms with Gasteiger partial charge in [-0.25, -0.2) is 0 Å². The fraction of sp³-hybridized carbons (Fsp3) is 0.900. The first-order valence-corrected chi connectivity index (χ1v) is 9.75. The fourth-order valence-corrected chi connectivity index (χ4v) is 2.63. The normalized spacial score (nSPS) is 11.5. The molecule has 0 saturated heterocycles. The highest BCUT2D eigenvalue weighted by Crippen LogP contribution is 2.09. The molecular formula is C20H40O2. The highest BCUT2D eigenvalue weighted by Gasteiger charge is 1.92. The van der Waals surface area contributed by atoms with E-state index in [4.69, 9.17) is 9.84 Å². The molecule has 2 heteroatoms. The third kappa shape index (κ3) is 19.7. The van der Waals surface area contributed by atoms with E-state index in [-0.39, 0.29) is 0 Å². The summed E-state index contributed by atoms with van der Waals surface area (Å²) in [5.41, 5.74) is 0. The van der Waals surface area contributed by atoms with Crippen LogP contribution in [0.5, 0.6) is 0 Å². The Morgan fingerprint density at radius 3 is 1.59 bits per heavy atom. The van der Waals surface area contributed by atoms with Gasteiger partial charge < -0.3 is 9.84 Å². The molecule has 0 unspecified atom stereocenters. The zero-order valence-corrected chi connectivity index (χ0v) is 15.0. The molecule has 0 amide bonds. The van der Waals surface area contributed by atoms with Crippen molar-refractivity contribution in [2.45, 2.75) is 96.8 Å². The summed E-state index contributed by atoms with van der Waals surface area (Å²) >= 11 is 0. The predicted octanol–water partition coefficient (Wildman–Crippen LogP) is 6.03. The Morgan fingerprint density at radius 1 is 0.636 bits per heavy atom. The number of aliphatic hydroxyl groups is 1. The van der Waals surface area contributed by atoms with Crippen LogP contribution in [0.4, 0.5) is 0 Å². The minimum absolute atomic E-state index is 0.357. The Balaban J connectivity index is 3.02. The standard InChI is InChI=1S/C20H40O2/c1-2-22-20-18-16-14-12-10-8-6-4-3-5-7-9-11-13-15-17-19-21/h3-4,21H,2,5-20H2,1H3/b4-3-. The molecule has 0 heterocycles. The van der Waals surface area contributed by atoms with Crippen molar-refractivity contribution in [1.29, 1.82) is 0 Å². The lowest BCUT2D eigenvalue weighted by molar-refractivity contribution is 0.143. The first kappa shape index (κ1) is 21.7. The van der Waals surface area contributed by atoms with Crippen molar-refractivity contribution in [2.75, 3.05) is 19.8 Å². The number of unbranched alkanes of at least 4 members (excludes halogenated alkanes) is 12. The van der Waals surface area contributed by atoms with Gasteiger partial charge in [-0.05, 0) is 45.4 Å². The van der Waals surface area contributed by atoms with Crippen LogP contribution in [0.25, 0.3) is 0 Å². The van der Waals surface area contributed by atoms with Gasteiger partial charge in [-0.3, -0.25) is 0 Å². The molecule has 0 bridgehead atoms. The smallest absolute Gasteiger partial charge is 0.0465 e. The molecule has 1 N–H and O–H groups in total. The third-order valence-electron chi connectivity index (χ3n) is 4.06. The zero-order valence-electron chi connectivity index (χ0n) is 15.0. The lowest BCUT2D eigenvalue weighted by atomic mass is 10.1. The first-order chi connectivity index (χ1) is 10.9. The average Bonchev–Trinajstić information content (AvgIpc) is 2.54. The largest absolute Gasteiger partial charge is 0.396 e. The van der Waals surface area contributed by atoms with Gasteiger partial charge in [-0.1, -0.05) is 63.5 Å². The molecule has 0 fully saturated rings. The van der Waals surface area contributed by atoms with Crippen molar-refractivity contribution in [3.8, 4) is 0 Å². The Hall–Kier alpha value is -0.340. The van der Waals surface area contributed by atoms with Crippen LogP contribution in [0.15, 0.2) is 12.2 Å². The summed E-state index contributed by atoms with van der Waals surface area (Å²) in [5.74, 6) is 0. The molecule has 0 aliphatic heterocycles. The summed E-state index contributed by atoms with van der Waals surface area (Å²) in [6, 6.07) is 0. The summed E-state index contributed by atoms with van der Waals surface area (Å²) in [5, 5.41) is 8.69. The third-order valence-corrected chi connectivity index (χ3v) is 4.06. The summed E-state index contributed by atoms with van der Waals surface area (Å²) in [6.07, 6.45) is 22.8. The molecule has 0 aromatic heterocycles. The maximum absolute atomic E-state index is 8.69. The molecule has 0 radical (unpaired) electrons. The Bertz CT molecular complexity index is 214. The van der Waals surface area contributed by atoms with E-state index in [1.54, 1.807) is 0 Å². The lowest BCUT2D eigenvalue weighted by Crippen LogP contribution is -1.92. The molecule has 0 aromatic carbocycles. The molecule has 0 saturated carbocycles.